The molecule has 6 nitrogen and oxygen atoms in total. The van der Waals surface area contributed by atoms with Crippen LogP contribution in [-0.4, -0.2) is 46.7 Å². The number of nitrogens with zero attached hydrogens (tertiary/aromatic N) is 1. The van der Waals surface area contributed by atoms with E-state index in [1.165, 1.54) is 19.3 Å². The van der Waals surface area contributed by atoms with Crippen molar-refractivity contribution in [3.05, 3.63) is 29.8 Å². The van der Waals surface area contributed by atoms with Gasteiger partial charge in [0.1, 0.15) is 6.10 Å². The Labute approximate surface area is 184 Å². The van der Waals surface area contributed by atoms with Crippen molar-refractivity contribution in [2.24, 2.45) is 23.7 Å². The van der Waals surface area contributed by atoms with Crippen LogP contribution in [0.4, 0.5) is 5.69 Å². The molecule has 3 saturated carbocycles. The topological polar surface area (TPSA) is 75.7 Å². The van der Waals surface area contributed by atoms with Gasteiger partial charge in [-0.1, -0.05) is 35.2 Å². The fourth-order valence-electron chi connectivity index (χ4n) is 6.09. The van der Waals surface area contributed by atoms with Crippen LogP contribution < -0.4 is 5.32 Å². The zero-order valence-corrected chi connectivity index (χ0v) is 18.6. The third-order valence-corrected chi connectivity index (χ3v) is 8.87. The number of anilines is 1. The van der Waals surface area contributed by atoms with E-state index < -0.39 is 0 Å². The number of amides is 2. The van der Waals surface area contributed by atoms with Gasteiger partial charge >= 0.3 is 5.97 Å². The summed E-state index contributed by atoms with van der Waals surface area (Å²) in [4.78, 5) is 40.0. The molecule has 0 spiro atoms. The Bertz CT molecular complexity index is 866. The molecule has 1 saturated heterocycles. The second-order valence-electron chi connectivity index (χ2n) is 9.24. The lowest BCUT2D eigenvalue weighted by Crippen LogP contribution is -2.40. The van der Waals surface area contributed by atoms with Crippen molar-refractivity contribution in [3.8, 4) is 0 Å². The Hall–Kier alpha value is -1.89. The number of fused-ring (bicyclic) bond motifs is 1. The van der Waals surface area contributed by atoms with E-state index >= 15 is 0 Å². The Morgan fingerprint density at radius 2 is 1.80 bits per heavy atom. The normalized spacial score (nSPS) is 34.7. The number of rotatable bonds is 4. The smallest absolute Gasteiger partial charge is 0.310 e. The molecule has 0 aromatic heterocycles. The molecule has 3 aliphatic carbocycles. The molecule has 7 heteroatoms. The van der Waals surface area contributed by atoms with Gasteiger partial charge in [-0.3, -0.25) is 14.4 Å². The second-order valence-corrected chi connectivity index (χ2v) is 10.3. The van der Waals surface area contributed by atoms with Crippen molar-refractivity contribution in [3.63, 3.8) is 0 Å². The minimum absolute atomic E-state index is 0.0229. The summed E-state index contributed by atoms with van der Waals surface area (Å²) in [6, 6.07) is 7.40. The number of alkyl halides is 1. The summed E-state index contributed by atoms with van der Waals surface area (Å²) in [6.45, 7) is 0. The molecule has 1 aliphatic heterocycles. The van der Waals surface area contributed by atoms with E-state index in [-0.39, 0.29) is 52.4 Å². The van der Waals surface area contributed by atoms with Crippen LogP contribution in [0.25, 0.3) is 0 Å². The van der Waals surface area contributed by atoms with Gasteiger partial charge in [-0.05, 0) is 49.4 Å². The van der Waals surface area contributed by atoms with Crippen molar-refractivity contribution in [2.45, 2.75) is 55.5 Å². The van der Waals surface area contributed by atoms with Gasteiger partial charge < -0.3 is 15.0 Å². The van der Waals surface area contributed by atoms with Crippen LogP contribution in [0.5, 0.6) is 0 Å². The van der Waals surface area contributed by atoms with Crippen LogP contribution in [0.3, 0.4) is 0 Å². The first-order chi connectivity index (χ1) is 14.5. The fourth-order valence-corrected chi connectivity index (χ4v) is 7.13. The van der Waals surface area contributed by atoms with Gasteiger partial charge in [0.2, 0.25) is 5.91 Å². The van der Waals surface area contributed by atoms with E-state index in [1.807, 2.05) is 11.9 Å². The van der Waals surface area contributed by atoms with Crippen molar-refractivity contribution in [2.75, 3.05) is 12.4 Å². The number of benzene rings is 1. The molecule has 6 atom stereocenters. The molecule has 5 rings (SSSR count). The summed E-state index contributed by atoms with van der Waals surface area (Å²) < 4.78 is 5.49. The maximum Gasteiger partial charge on any atom is 0.310 e. The molecule has 2 amide bonds. The minimum atomic E-state index is -0.357. The maximum absolute atomic E-state index is 13.0. The lowest BCUT2D eigenvalue weighted by molar-refractivity contribution is -0.145. The van der Waals surface area contributed by atoms with Gasteiger partial charge in [-0.25, -0.2) is 0 Å². The highest BCUT2D eigenvalue weighted by molar-refractivity contribution is 9.09. The molecule has 0 unspecified atom stereocenters. The van der Waals surface area contributed by atoms with Gasteiger partial charge in [0, 0.05) is 30.3 Å². The van der Waals surface area contributed by atoms with Crippen molar-refractivity contribution >= 4 is 39.4 Å². The summed E-state index contributed by atoms with van der Waals surface area (Å²) in [5.74, 6) is -0.744. The van der Waals surface area contributed by atoms with Gasteiger partial charge in [0.05, 0.1) is 16.7 Å². The number of carbonyl (C=O) groups excluding carboxylic acids is 3. The third-order valence-electron chi connectivity index (χ3n) is 7.67. The van der Waals surface area contributed by atoms with Crippen molar-refractivity contribution in [1.29, 1.82) is 0 Å². The molecular formula is C23H27BrN2O4. The quantitative estimate of drug-likeness (QED) is 0.534. The first-order valence-corrected chi connectivity index (χ1v) is 11.9. The molecule has 2 bridgehead atoms. The average molecular weight is 475 g/mol. The van der Waals surface area contributed by atoms with Gasteiger partial charge in [0.25, 0.3) is 5.91 Å². The van der Waals surface area contributed by atoms with Gasteiger partial charge in [-0.15, -0.1) is 0 Å². The van der Waals surface area contributed by atoms with Crippen molar-refractivity contribution < 1.29 is 19.1 Å². The Balaban J connectivity index is 1.25. The Kier molecular flexibility index (Phi) is 5.12. The van der Waals surface area contributed by atoms with E-state index in [4.69, 9.17) is 4.74 Å². The summed E-state index contributed by atoms with van der Waals surface area (Å²) in [7, 11) is 1.88. The molecule has 1 heterocycles. The first kappa shape index (κ1) is 20.0. The molecule has 4 fully saturated rings. The van der Waals surface area contributed by atoms with E-state index in [0.29, 0.717) is 17.3 Å². The number of hydrogen-bond acceptors (Lipinski definition) is 4. The molecule has 0 radical (unpaired) electrons. The van der Waals surface area contributed by atoms with E-state index in [0.717, 1.165) is 19.3 Å². The highest BCUT2D eigenvalue weighted by Crippen LogP contribution is 2.60. The predicted molar refractivity (Wildman–Crippen MR) is 115 cm³/mol. The lowest BCUT2D eigenvalue weighted by Gasteiger charge is -2.31. The Morgan fingerprint density at radius 3 is 2.50 bits per heavy atom. The van der Waals surface area contributed by atoms with Gasteiger partial charge in [0.15, 0.2) is 0 Å². The largest absolute Gasteiger partial charge is 0.461 e. The number of hydrogen-bond donors (Lipinski definition) is 1. The summed E-state index contributed by atoms with van der Waals surface area (Å²) >= 11 is 3.64. The SMILES string of the molecule is CN(C(=O)c1ccc(NC(=O)[C@@H]2[C@H]3C[C@H]4[C@H](OC(=O)[C@@H]42)[C@H]3Br)cc1)C1CCCCC1. The van der Waals surface area contributed by atoms with E-state index in [9.17, 15) is 14.4 Å². The average Bonchev–Trinajstić information content (AvgIpc) is 3.38. The number of carbonyl (C=O) groups is 3. The first-order valence-electron chi connectivity index (χ1n) is 11.0. The van der Waals surface area contributed by atoms with Crippen molar-refractivity contribution in [1.82, 2.24) is 4.90 Å². The monoisotopic (exact) mass is 474 g/mol. The van der Waals surface area contributed by atoms with E-state index in [2.05, 4.69) is 21.2 Å². The van der Waals surface area contributed by atoms with Crippen LogP contribution in [-0.2, 0) is 14.3 Å². The molecule has 30 heavy (non-hydrogen) atoms. The fraction of sp³-hybridized carbons (Fsp3) is 0.609. The lowest BCUT2D eigenvalue weighted by atomic mass is 9.79. The standard InChI is InChI=1S/C23H27BrN2O4/c1-26(14-5-3-2-4-6-14)22(28)12-7-9-13(10-8-12)25-21(27)17-15-11-16-18(17)23(29)30-20(16)19(15)24/h7-10,14-20H,2-6,11H2,1H3,(H,25,27)/t15-,16-,17-,18+,19+,20+/m1/s1. The number of esters is 1. The molecular weight excluding hydrogens is 448 g/mol. The van der Waals surface area contributed by atoms with Crippen LogP contribution in [0.15, 0.2) is 24.3 Å². The number of nitrogens with one attached hydrogen (secondary N) is 1. The van der Waals surface area contributed by atoms with Crippen LogP contribution in [0.1, 0.15) is 48.9 Å². The number of halogens is 1. The molecule has 160 valence electrons. The second kappa shape index (κ2) is 7.66. The highest BCUT2D eigenvalue weighted by Gasteiger charge is 2.67. The summed E-state index contributed by atoms with van der Waals surface area (Å²) in [5.41, 5.74) is 1.28. The molecule has 1 aromatic rings. The zero-order valence-electron chi connectivity index (χ0n) is 17.1. The highest BCUT2D eigenvalue weighted by atomic mass is 79.9. The molecule has 4 aliphatic rings. The van der Waals surface area contributed by atoms with Crippen LogP contribution in [0.2, 0.25) is 0 Å². The third kappa shape index (κ3) is 3.17. The summed E-state index contributed by atoms with van der Waals surface area (Å²) in [6.07, 6.45) is 6.53. The summed E-state index contributed by atoms with van der Waals surface area (Å²) in [5, 5.41) is 2.96. The maximum atomic E-state index is 13.0. The Morgan fingerprint density at radius 1 is 1.10 bits per heavy atom. The molecule has 1 N–H and O–H groups in total. The zero-order chi connectivity index (χ0) is 21.0. The van der Waals surface area contributed by atoms with Crippen LogP contribution in [0, 0.1) is 23.7 Å². The minimum Gasteiger partial charge on any atom is -0.461 e. The molecule has 1 aromatic carbocycles. The van der Waals surface area contributed by atoms with Gasteiger partial charge in [-0.2, -0.15) is 0 Å². The number of ether oxygens (including phenoxy) is 1. The van der Waals surface area contributed by atoms with E-state index in [1.54, 1.807) is 24.3 Å². The predicted octanol–water partition coefficient (Wildman–Crippen LogP) is 3.60. The van der Waals surface area contributed by atoms with Crippen LogP contribution >= 0.6 is 15.9 Å².